The maximum atomic E-state index is 12.2. The highest BCUT2D eigenvalue weighted by Gasteiger charge is 2.46. The molecule has 0 aromatic carbocycles. The van der Waals surface area contributed by atoms with Crippen molar-refractivity contribution in [1.29, 1.82) is 0 Å². The number of piperidine rings is 1. The van der Waals surface area contributed by atoms with Gasteiger partial charge in [0.15, 0.2) is 0 Å². The molecule has 1 amide bonds. The zero-order valence-electron chi connectivity index (χ0n) is 9.41. The van der Waals surface area contributed by atoms with E-state index in [2.05, 4.69) is 0 Å². The third-order valence-electron chi connectivity index (χ3n) is 3.68. The van der Waals surface area contributed by atoms with E-state index in [1.165, 1.54) is 12.8 Å². The van der Waals surface area contributed by atoms with Crippen molar-refractivity contribution in [2.45, 2.75) is 38.0 Å². The van der Waals surface area contributed by atoms with Crippen molar-refractivity contribution in [2.24, 2.45) is 11.8 Å². The summed E-state index contributed by atoms with van der Waals surface area (Å²) in [7, 11) is 0. The average Bonchev–Trinajstić information content (AvgIpc) is 3.10. The van der Waals surface area contributed by atoms with Gasteiger partial charge in [0.1, 0.15) is 0 Å². The van der Waals surface area contributed by atoms with Gasteiger partial charge in [-0.05, 0) is 37.5 Å². The fourth-order valence-electron chi connectivity index (χ4n) is 2.47. The summed E-state index contributed by atoms with van der Waals surface area (Å²) in [5.41, 5.74) is 0. The topological polar surface area (TPSA) is 40.5 Å². The van der Waals surface area contributed by atoms with Gasteiger partial charge in [-0.15, -0.1) is 0 Å². The first-order valence-electron chi connectivity index (χ1n) is 5.93. The fourth-order valence-corrected chi connectivity index (χ4v) is 2.47. The molecule has 1 atom stereocenters. The van der Waals surface area contributed by atoms with Crippen molar-refractivity contribution in [3.63, 3.8) is 0 Å². The molecule has 2 aliphatic rings. The second-order valence-electron chi connectivity index (χ2n) is 4.94. The van der Waals surface area contributed by atoms with E-state index < -0.39 is 18.2 Å². The fraction of sp³-hybridized carbons (Fsp3) is 0.909. The summed E-state index contributed by atoms with van der Waals surface area (Å²) in [6.45, 7) is 0.681. The first-order valence-corrected chi connectivity index (χ1v) is 5.93. The molecule has 1 heterocycles. The number of aliphatic hydroxyl groups is 1. The van der Waals surface area contributed by atoms with Gasteiger partial charge in [0.05, 0.1) is 0 Å². The lowest BCUT2D eigenvalue weighted by atomic mass is 9.92. The van der Waals surface area contributed by atoms with Gasteiger partial charge in [-0.3, -0.25) is 4.79 Å². The maximum Gasteiger partial charge on any atom is 0.423 e. The Labute approximate surface area is 97.6 Å². The molecule has 1 unspecified atom stereocenters. The number of hydrogen-bond donors (Lipinski definition) is 1. The molecule has 2 fully saturated rings. The monoisotopic (exact) mass is 251 g/mol. The third kappa shape index (κ3) is 2.91. The Morgan fingerprint density at radius 2 is 1.59 bits per heavy atom. The number of hydrogen-bond acceptors (Lipinski definition) is 2. The molecule has 1 saturated heterocycles. The van der Waals surface area contributed by atoms with Crippen LogP contribution in [-0.4, -0.2) is 41.3 Å². The normalized spacial score (nSPS) is 24.8. The predicted molar refractivity (Wildman–Crippen MR) is 54.1 cm³/mol. The Morgan fingerprint density at radius 1 is 1.12 bits per heavy atom. The van der Waals surface area contributed by atoms with Crippen LogP contribution in [0.1, 0.15) is 25.7 Å². The highest BCUT2D eigenvalue weighted by Crippen LogP contribution is 2.41. The largest absolute Gasteiger partial charge is 0.423 e. The molecule has 98 valence electrons. The molecule has 0 radical (unpaired) electrons. The van der Waals surface area contributed by atoms with Crippen LogP contribution in [0.4, 0.5) is 13.2 Å². The molecule has 1 saturated carbocycles. The minimum Gasteiger partial charge on any atom is -0.376 e. The highest BCUT2D eigenvalue weighted by atomic mass is 19.4. The Morgan fingerprint density at radius 3 is 2.00 bits per heavy atom. The molecule has 0 aromatic heterocycles. The van der Waals surface area contributed by atoms with Gasteiger partial charge in [-0.25, -0.2) is 0 Å². The molecule has 1 N–H and O–H groups in total. The summed E-state index contributed by atoms with van der Waals surface area (Å²) in [4.78, 5) is 12.5. The van der Waals surface area contributed by atoms with E-state index >= 15 is 0 Å². The van der Waals surface area contributed by atoms with Crippen LogP contribution < -0.4 is 0 Å². The maximum absolute atomic E-state index is 12.2. The van der Waals surface area contributed by atoms with Crippen LogP contribution >= 0.6 is 0 Å². The third-order valence-corrected chi connectivity index (χ3v) is 3.68. The average molecular weight is 251 g/mol. The van der Waals surface area contributed by atoms with Gasteiger partial charge < -0.3 is 10.0 Å². The molecular formula is C11H16F3NO2. The van der Waals surface area contributed by atoms with E-state index in [4.69, 9.17) is 5.11 Å². The molecule has 6 heteroatoms. The van der Waals surface area contributed by atoms with Gasteiger partial charge in [-0.2, -0.15) is 13.2 Å². The van der Waals surface area contributed by atoms with E-state index in [0.29, 0.717) is 19.0 Å². The van der Waals surface area contributed by atoms with E-state index in [0.717, 1.165) is 23.7 Å². The summed E-state index contributed by atoms with van der Waals surface area (Å²) in [6.07, 6.45) is -3.76. The Balaban J connectivity index is 1.85. The summed E-state index contributed by atoms with van der Waals surface area (Å²) in [5, 5.41) is 8.88. The van der Waals surface area contributed by atoms with E-state index in [-0.39, 0.29) is 0 Å². The van der Waals surface area contributed by atoms with Gasteiger partial charge >= 0.3 is 6.18 Å². The van der Waals surface area contributed by atoms with Crippen molar-refractivity contribution >= 4 is 5.91 Å². The lowest BCUT2D eigenvalue weighted by Crippen LogP contribution is -2.49. The lowest BCUT2D eigenvalue weighted by Gasteiger charge is -2.33. The molecule has 1 aliphatic carbocycles. The minimum atomic E-state index is -4.86. The highest BCUT2D eigenvalue weighted by molar-refractivity contribution is 5.81. The van der Waals surface area contributed by atoms with Crippen molar-refractivity contribution in [1.82, 2.24) is 4.90 Å². The minimum absolute atomic E-state index is 0.340. The van der Waals surface area contributed by atoms with Crippen LogP contribution in [0.5, 0.6) is 0 Å². The standard InChI is InChI=1S/C11H16F3NO2/c12-11(13,14)9(16)10(17)15-5-3-8(4-6-15)7-1-2-7/h7-9,16H,1-6H2. The van der Waals surface area contributed by atoms with E-state index in [1.54, 1.807) is 0 Å². The van der Waals surface area contributed by atoms with Crippen LogP contribution in [0.15, 0.2) is 0 Å². The number of aliphatic hydroxyl groups excluding tert-OH is 1. The Bertz CT molecular complexity index is 294. The number of carbonyl (C=O) groups excluding carboxylic acids is 1. The summed E-state index contributed by atoms with van der Waals surface area (Å²) in [5.74, 6) is 0.0774. The molecule has 0 aromatic rings. The molecule has 2 rings (SSSR count). The number of halogens is 3. The predicted octanol–water partition coefficient (Wildman–Crippen LogP) is 1.56. The molecule has 0 spiro atoms. The van der Waals surface area contributed by atoms with Crippen molar-refractivity contribution in [2.75, 3.05) is 13.1 Å². The zero-order chi connectivity index (χ0) is 12.6. The van der Waals surface area contributed by atoms with Crippen molar-refractivity contribution < 1.29 is 23.1 Å². The number of carbonyl (C=O) groups is 1. The van der Waals surface area contributed by atoms with Crippen LogP contribution in [0.3, 0.4) is 0 Å². The summed E-state index contributed by atoms with van der Waals surface area (Å²) < 4.78 is 36.5. The second kappa shape index (κ2) is 4.48. The van der Waals surface area contributed by atoms with Gasteiger partial charge in [0.25, 0.3) is 5.91 Å². The molecule has 0 bridgehead atoms. The Kier molecular flexibility index (Phi) is 3.34. The summed E-state index contributed by atoms with van der Waals surface area (Å²) >= 11 is 0. The van der Waals surface area contributed by atoms with Gasteiger partial charge in [0, 0.05) is 13.1 Å². The second-order valence-corrected chi connectivity index (χ2v) is 4.94. The van der Waals surface area contributed by atoms with Crippen molar-refractivity contribution in [3.05, 3.63) is 0 Å². The van der Waals surface area contributed by atoms with E-state index in [9.17, 15) is 18.0 Å². The number of likely N-dealkylation sites (tertiary alicyclic amines) is 1. The zero-order valence-corrected chi connectivity index (χ0v) is 9.41. The smallest absolute Gasteiger partial charge is 0.376 e. The quantitative estimate of drug-likeness (QED) is 0.809. The van der Waals surface area contributed by atoms with Crippen molar-refractivity contribution in [3.8, 4) is 0 Å². The number of alkyl halides is 3. The lowest BCUT2D eigenvalue weighted by molar-refractivity contribution is -0.211. The van der Waals surface area contributed by atoms with Crippen LogP contribution in [0.25, 0.3) is 0 Å². The molecule has 1 aliphatic heterocycles. The van der Waals surface area contributed by atoms with Crippen LogP contribution in [0.2, 0.25) is 0 Å². The number of amides is 1. The van der Waals surface area contributed by atoms with Crippen LogP contribution in [0, 0.1) is 11.8 Å². The van der Waals surface area contributed by atoms with Gasteiger partial charge in [-0.1, -0.05) is 0 Å². The SMILES string of the molecule is O=C(C(O)C(F)(F)F)N1CCC(C2CC2)CC1. The number of rotatable bonds is 2. The molecule has 3 nitrogen and oxygen atoms in total. The summed E-state index contributed by atoms with van der Waals surface area (Å²) in [6, 6.07) is 0. The van der Waals surface area contributed by atoms with E-state index in [1.807, 2.05) is 0 Å². The molecular weight excluding hydrogens is 235 g/mol. The molecule has 17 heavy (non-hydrogen) atoms. The van der Waals surface area contributed by atoms with Crippen LogP contribution in [-0.2, 0) is 4.79 Å². The first-order chi connectivity index (χ1) is 7.89. The number of nitrogens with zero attached hydrogens (tertiary/aromatic N) is 1. The van der Waals surface area contributed by atoms with Gasteiger partial charge in [0.2, 0.25) is 6.10 Å². The first kappa shape index (κ1) is 12.7. The Hall–Kier alpha value is -0.780.